The zero-order chi connectivity index (χ0) is 9.98. The van der Waals surface area contributed by atoms with Crippen LogP contribution in [-0.4, -0.2) is 22.2 Å². The van der Waals surface area contributed by atoms with E-state index < -0.39 is 11.9 Å². The van der Waals surface area contributed by atoms with Crippen LogP contribution in [0.3, 0.4) is 0 Å². The topological polar surface area (TPSA) is 74.6 Å². The molecule has 2 N–H and O–H groups in total. The lowest BCUT2D eigenvalue weighted by Gasteiger charge is -1.85. The fraction of sp³-hybridized carbons (Fsp3) is 0.250. The lowest BCUT2D eigenvalue weighted by atomic mass is 10.3. The Kier molecular flexibility index (Phi) is 10.2. The van der Waals surface area contributed by atoms with Gasteiger partial charge < -0.3 is 10.2 Å². The molecule has 0 aliphatic rings. The third-order valence-corrected chi connectivity index (χ3v) is 0.719. The van der Waals surface area contributed by atoms with Gasteiger partial charge in [-0.25, -0.2) is 0 Å². The van der Waals surface area contributed by atoms with Gasteiger partial charge in [-0.3, -0.25) is 9.59 Å². The summed E-state index contributed by atoms with van der Waals surface area (Å²) in [7, 11) is 0. The van der Waals surface area contributed by atoms with Crippen molar-refractivity contribution in [1.29, 1.82) is 0 Å². The highest BCUT2D eigenvalue weighted by Crippen LogP contribution is 1.86. The van der Waals surface area contributed by atoms with E-state index in [9.17, 15) is 9.59 Å². The van der Waals surface area contributed by atoms with Crippen molar-refractivity contribution in [3.8, 4) is 0 Å². The minimum atomic E-state index is -1.08. The molecule has 12 heavy (non-hydrogen) atoms. The maximum Gasteiger partial charge on any atom is 0.303 e. The van der Waals surface area contributed by atoms with Crippen molar-refractivity contribution >= 4 is 11.9 Å². The van der Waals surface area contributed by atoms with E-state index in [1.54, 1.807) is 12.2 Å². The molecule has 0 fully saturated rings. The standard InChI is InChI=1S/C4H6O4.C4H6/c5-3(6)1-2-4(7)8;1-3-4-2/h1-2H2,(H,5,6)(H,7,8);3-4H,1-2H2. The second kappa shape index (κ2) is 9.42. The summed E-state index contributed by atoms with van der Waals surface area (Å²) in [5.74, 6) is -2.15. The summed E-state index contributed by atoms with van der Waals surface area (Å²) in [5.41, 5.74) is 0. The van der Waals surface area contributed by atoms with Gasteiger partial charge >= 0.3 is 11.9 Å². The molecule has 0 aliphatic carbocycles. The molecular weight excluding hydrogens is 160 g/mol. The van der Waals surface area contributed by atoms with Crippen molar-refractivity contribution in [3.63, 3.8) is 0 Å². The van der Waals surface area contributed by atoms with Crippen LogP contribution in [0.2, 0.25) is 0 Å². The molecule has 0 bridgehead atoms. The summed E-state index contributed by atoms with van der Waals surface area (Å²) in [6.07, 6.45) is 2.69. The van der Waals surface area contributed by atoms with Crippen LogP contribution in [0.4, 0.5) is 0 Å². The number of hydrogen-bond donors (Lipinski definition) is 2. The number of aliphatic carboxylic acids is 2. The van der Waals surface area contributed by atoms with E-state index in [0.29, 0.717) is 0 Å². The molecule has 0 unspecified atom stereocenters. The molecule has 0 aromatic heterocycles. The summed E-state index contributed by atoms with van der Waals surface area (Å²) in [6.45, 7) is 6.72. The lowest BCUT2D eigenvalue weighted by molar-refractivity contribution is -0.143. The Morgan fingerprint density at radius 1 is 1.00 bits per heavy atom. The Morgan fingerprint density at radius 3 is 1.33 bits per heavy atom. The Bertz CT molecular complexity index is 152. The smallest absolute Gasteiger partial charge is 0.303 e. The summed E-state index contributed by atoms with van der Waals surface area (Å²) < 4.78 is 0. The van der Waals surface area contributed by atoms with E-state index in [1.165, 1.54) is 0 Å². The molecule has 0 radical (unpaired) electrons. The first kappa shape index (κ1) is 13.0. The molecule has 0 aromatic rings. The predicted octanol–water partition coefficient (Wildman–Crippen LogP) is 1.29. The summed E-state index contributed by atoms with van der Waals surface area (Å²) in [5, 5.41) is 15.8. The Morgan fingerprint density at radius 2 is 1.25 bits per heavy atom. The second-order valence-electron chi connectivity index (χ2n) is 1.76. The van der Waals surface area contributed by atoms with E-state index in [-0.39, 0.29) is 12.8 Å². The quantitative estimate of drug-likeness (QED) is 0.626. The van der Waals surface area contributed by atoms with Crippen LogP contribution in [0.1, 0.15) is 12.8 Å². The van der Waals surface area contributed by atoms with Crippen molar-refractivity contribution in [2.24, 2.45) is 0 Å². The normalized spacial score (nSPS) is 7.33. The largest absolute Gasteiger partial charge is 0.481 e. The molecule has 0 heterocycles. The number of carbonyl (C=O) groups is 2. The molecule has 0 saturated heterocycles. The van der Waals surface area contributed by atoms with Crippen LogP contribution in [0.5, 0.6) is 0 Å². The van der Waals surface area contributed by atoms with E-state index in [0.717, 1.165) is 0 Å². The summed E-state index contributed by atoms with van der Waals surface area (Å²) in [6, 6.07) is 0. The van der Waals surface area contributed by atoms with Gasteiger partial charge in [0.05, 0.1) is 12.8 Å². The molecule has 4 nitrogen and oxygen atoms in total. The van der Waals surface area contributed by atoms with Gasteiger partial charge in [0.2, 0.25) is 0 Å². The molecule has 0 aliphatic heterocycles. The number of rotatable bonds is 4. The summed E-state index contributed by atoms with van der Waals surface area (Å²) >= 11 is 0. The zero-order valence-corrected chi connectivity index (χ0v) is 6.69. The van der Waals surface area contributed by atoms with E-state index in [4.69, 9.17) is 10.2 Å². The van der Waals surface area contributed by atoms with Crippen LogP contribution < -0.4 is 0 Å². The van der Waals surface area contributed by atoms with E-state index >= 15 is 0 Å². The Labute approximate surface area is 70.8 Å². The molecule has 0 saturated carbocycles. The SMILES string of the molecule is C=CC=C.O=C(O)CCC(=O)O. The maximum atomic E-state index is 9.64. The highest BCUT2D eigenvalue weighted by molar-refractivity contribution is 5.75. The molecule has 4 heteroatoms. The van der Waals surface area contributed by atoms with Gasteiger partial charge in [0.1, 0.15) is 0 Å². The van der Waals surface area contributed by atoms with Gasteiger partial charge in [0.25, 0.3) is 0 Å². The van der Waals surface area contributed by atoms with E-state index in [2.05, 4.69) is 13.2 Å². The van der Waals surface area contributed by atoms with Gasteiger partial charge in [-0.1, -0.05) is 25.3 Å². The first-order valence-electron chi connectivity index (χ1n) is 3.21. The average molecular weight is 172 g/mol. The van der Waals surface area contributed by atoms with Gasteiger partial charge in [0.15, 0.2) is 0 Å². The van der Waals surface area contributed by atoms with Crippen LogP contribution in [0.15, 0.2) is 25.3 Å². The fourth-order valence-corrected chi connectivity index (χ4v) is 0.214. The van der Waals surface area contributed by atoms with Gasteiger partial charge in [-0.15, -0.1) is 0 Å². The van der Waals surface area contributed by atoms with Crippen molar-refractivity contribution in [1.82, 2.24) is 0 Å². The van der Waals surface area contributed by atoms with Crippen molar-refractivity contribution in [2.75, 3.05) is 0 Å². The summed E-state index contributed by atoms with van der Waals surface area (Å²) in [4.78, 5) is 19.3. The monoisotopic (exact) mass is 172 g/mol. The predicted molar refractivity (Wildman–Crippen MR) is 44.9 cm³/mol. The number of allylic oxidation sites excluding steroid dienone is 2. The number of carboxylic acids is 2. The molecule has 0 amide bonds. The van der Waals surface area contributed by atoms with Crippen LogP contribution in [0, 0.1) is 0 Å². The van der Waals surface area contributed by atoms with Crippen LogP contribution in [0.25, 0.3) is 0 Å². The molecule has 68 valence electrons. The van der Waals surface area contributed by atoms with Crippen molar-refractivity contribution in [2.45, 2.75) is 12.8 Å². The molecule has 0 spiro atoms. The molecule has 0 rings (SSSR count). The maximum absolute atomic E-state index is 9.64. The lowest BCUT2D eigenvalue weighted by Crippen LogP contribution is -2.00. The van der Waals surface area contributed by atoms with Gasteiger partial charge in [-0.2, -0.15) is 0 Å². The minimum absolute atomic E-state index is 0.296. The first-order chi connectivity index (χ1) is 5.54. The highest BCUT2D eigenvalue weighted by Gasteiger charge is 2.00. The molecule has 0 aromatic carbocycles. The van der Waals surface area contributed by atoms with Crippen molar-refractivity contribution < 1.29 is 19.8 Å². The van der Waals surface area contributed by atoms with Gasteiger partial charge in [0, 0.05) is 0 Å². The fourth-order valence-electron chi connectivity index (χ4n) is 0.214. The van der Waals surface area contributed by atoms with Gasteiger partial charge in [-0.05, 0) is 0 Å². The second-order valence-corrected chi connectivity index (χ2v) is 1.76. The molecular formula is C8H12O4. The number of hydrogen-bond acceptors (Lipinski definition) is 2. The Hall–Kier alpha value is -1.58. The van der Waals surface area contributed by atoms with Crippen molar-refractivity contribution in [3.05, 3.63) is 25.3 Å². The zero-order valence-electron chi connectivity index (χ0n) is 6.69. The third kappa shape index (κ3) is 23.7. The highest BCUT2D eigenvalue weighted by atomic mass is 16.4. The minimum Gasteiger partial charge on any atom is -0.481 e. The molecule has 0 atom stereocenters. The van der Waals surface area contributed by atoms with Crippen LogP contribution >= 0.6 is 0 Å². The number of carboxylic acid groups (broad SMARTS) is 2. The average Bonchev–Trinajstić information content (AvgIpc) is 2.01. The Balaban J connectivity index is 0. The first-order valence-corrected chi connectivity index (χ1v) is 3.21. The third-order valence-electron chi connectivity index (χ3n) is 0.719. The van der Waals surface area contributed by atoms with Crippen LogP contribution in [-0.2, 0) is 9.59 Å². The van der Waals surface area contributed by atoms with E-state index in [1.807, 2.05) is 0 Å².